The molecule has 0 bridgehead atoms. The number of hydrogen-bond acceptors (Lipinski definition) is 4. The molecular weight excluding hydrogens is 272 g/mol. The molecule has 0 unspecified atom stereocenters. The Bertz CT molecular complexity index is 550. The van der Waals surface area contributed by atoms with Gasteiger partial charge in [-0.2, -0.15) is 0 Å². The number of carboxylic acids is 1. The summed E-state index contributed by atoms with van der Waals surface area (Å²) in [5.74, 6) is 0.684. The monoisotopic (exact) mass is 284 g/mol. The smallest absolute Gasteiger partial charge is 0.304 e. The molecule has 19 heavy (non-hydrogen) atoms. The highest BCUT2D eigenvalue weighted by Crippen LogP contribution is 2.58. The van der Waals surface area contributed by atoms with Crippen LogP contribution in [-0.2, 0) is 10.2 Å². The number of carbonyl (C=O) groups is 1. The molecule has 3 rings (SSSR count). The average Bonchev–Trinajstić information content (AvgIpc) is 2.96. The number of halogens is 1. The van der Waals surface area contributed by atoms with Crippen molar-refractivity contribution in [2.75, 3.05) is 13.9 Å². The van der Waals surface area contributed by atoms with Crippen LogP contribution in [0, 0.1) is 0 Å². The third kappa shape index (κ3) is 1.89. The van der Waals surface area contributed by atoms with E-state index in [0.29, 0.717) is 22.3 Å². The number of rotatable bonds is 4. The molecule has 1 aromatic carbocycles. The molecule has 0 atom stereocenters. The Labute approximate surface area is 115 Å². The Morgan fingerprint density at radius 3 is 2.84 bits per heavy atom. The molecule has 1 heterocycles. The molecule has 0 radical (unpaired) electrons. The molecular formula is C13H13ClO5. The molecule has 1 aromatic rings. The van der Waals surface area contributed by atoms with Crippen molar-refractivity contribution in [1.82, 2.24) is 0 Å². The normalized spacial score (nSPS) is 18.2. The Balaban J connectivity index is 2.11. The number of fused-ring (bicyclic) bond motifs is 1. The fourth-order valence-corrected chi connectivity index (χ4v) is 2.89. The quantitative estimate of drug-likeness (QED) is 0.920. The van der Waals surface area contributed by atoms with Crippen LogP contribution in [0.25, 0.3) is 0 Å². The van der Waals surface area contributed by atoms with Crippen molar-refractivity contribution in [3.05, 3.63) is 16.7 Å². The SMILES string of the molecule is COc1c(C2(CC(=O)O)CC2)cc2c(c1Cl)OCO2. The van der Waals surface area contributed by atoms with Crippen molar-refractivity contribution in [3.63, 3.8) is 0 Å². The maximum Gasteiger partial charge on any atom is 0.304 e. The van der Waals surface area contributed by atoms with E-state index in [-0.39, 0.29) is 18.6 Å². The lowest BCUT2D eigenvalue weighted by Gasteiger charge is -2.19. The molecule has 0 spiro atoms. The molecule has 6 heteroatoms. The van der Waals surface area contributed by atoms with Gasteiger partial charge >= 0.3 is 5.97 Å². The van der Waals surface area contributed by atoms with Crippen LogP contribution in [0.2, 0.25) is 5.02 Å². The van der Waals surface area contributed by atoms with Crippen molar-refractivity contribution in [2.45, 2.75) is 24.7 Å². The van der Waals surface area contributed by atoms with E-state index in [9.17, 15) is 4.79 Å². The van der Waals surface area contributed by atoms with Crippen LogP contribution in [0.5, 0.6) is 17.2 Å². The summed E-state index contributed by atoms with van der Waals surface area (Å²) < 4.78 is 16.0. The Morgan fingerprint density at radius 1 is 1.53 bits per heavy atom. The zero-order chi connectivity index (χ0) is 13.6. The zero-order valence-corrected chi connectivity index (χ0v) is 11.1. The van der Waals surface area contributed by atoms with E-state index in [1.807, 2.05) is 0 Å². The van der Waals surface area contributed by atoms with Gasteiger partial charge in [-0.1, -0.05) is 11.6 Å². The summed E-state index contributed by atoms with van der Waals surface area (Å²) in [4.78, 5) is 11.0. The number of methoxy groups -OCH3 is 1. The van der Waals surface area contributed by atoms with Crippen LogP contribution in [0.1, 0.15) is 24.8 Å². The molecule has 0 aromatic heterocycles. The lowest BCUT2D eigenvalue weighted by molar-refractivity contribution is -0.137. The molecule has 0 saturated heterocycles. The van der Waals surface area contributed by atoms with Crippen LogP contribution >= 0.6 is 11.6 Å². The Hall–Kier alpha value is -1.62. The number of carboxylic acid groups (broad SMARTS) is 1. The summed E-state index contributed by atoms with van der Waals surface area (Å²) in [6.07, 6.45) is 1.69. The highest BCUT2D eigenvalue weighted by molar-refractivity contribution is 6.34. The van der Waals surface area contributed by atoms with E-state index in [0.717, 1.165) is 18.4 Å². The maximum absolute atomic E-state index is 11.0. The lowest BCUT2D eigenvalue weighted by atomic mass is 9.91. The van der Waals surface area contributed by atoms with E-state index in [4.69, 9.17) is 30.9 Å². The number of aliphatic carboxylic acids is 1. The van der Waals surface area contributed by atoms with Crippen LogP contribution < -0.4 is 14.2 Å². The van der Waals surface area contributed by atoms with Gasteiger partial charge in [-0.25, -0.2) is 0 Å². The van der Waals surface area contributed by atoms with E-state index < -0.39 is 5.97 Å². The fraction of sp³-hybridized carbons (Fsp3) is 0.462. The van der Waals surface area contributed by atoms with Crippen molar-refractivity contribution in [1.29, 1.82) is 0 Å². The zero-order valence-electron chi connectivity index (χ0n) is 10.4. The molecule has 1 N–H and O–H groups in total. The molecule has 5 nitrogen and oxygen atoms in total. The van der Waals surface area contributed by atoms with Crippen molar-refractivity contribution in [2.24, 2.45) is 0 Å². The maximum atomic E-state index is 11.0. The highest BCUT2D eigenvalue weighted by Gasteiger charge is 2.49. The van der Waals surface area contributed by atoms with Gasteiger partial charge in [-0.05, 0) is 18.9 Å². The average molecular weight is 285 g/mol. The summed E-state index contributed by atoms with van der Waals surface area (Å²) in [7, 11) is 1.52. The van der Waals surface area contributed by atoms with Crippen LogP contribution in [-0.4, -0.2) is 25.0 Å². The summed E-state index contributed by atoms with van der Waals surface area (Å²) in [6, 6.07) is 1.79. The number of ether oxygens (including phenoxy) is 3. The molecule has 0 amide bonds. The van der Waals surface area contributed by atoms with Gasteiger partial charge in [0.1, 0.15) is 10.8 Å². The van der Waals surface area contributed by atoms with Crippen molar-refractivity contribution >= 4 is 17.6 Å². The summed E-state index contributed by atoms with van der Waals surface area (Å²) in [6.45, 7) is 0.119. The van der Waals surface area contributed by atoms with Crippen molar-refractivity contribution < 1.29 is 24.1 Å². The van der Waals surface area contributed by atoms with Crippen LogP contribution in [0.15, 0.2) is 6.07 Å². The molecule has 1 fully saturated rings. The van der Waals surface area contributed by atoms with Gasteiger partial charge in [-0.15, -0.1) is 0 Å². The first-order valence-electron chi connectivity index (χ1n) is 5.96. The van der Waals surface area contributed by atoms with Gasteiger partial charge in [0.05, 0.1) is 13.5 Å². The largest absolute Gasteiger partial charge is 0.495 e. The standard InChI is InChI=1S/C13H13ClO5/c1-17-11-7(13(2-3-13)5-9(15)16)4-8-12(10(11)14)19-6-18-8/h4H,2-3,5-6H2,1H3,(H,15,16). The topological polar surface area (TPSA) is 65.0 Å². The van der Waals surface area contributed by atoms with E-state index in [2.05, 4.69) is 0 Å². The van der Waals surface area contributed by atoms with Gasteiger partial charge in [0, 0.05) is 11.0 Å². The minimum absolute atomic E-state index is 0.0688. The molecule has 102 valence electrons. The van der Waals surface area contributed by atoms with Gasteiger partial charge in [0.15, 0.2) is 11.5 Å². The molecule has 2 aliphatic rings. The molecule has 1 saturated carbocycles. The second-order valence-corrected chi connectivity index (χ2v) is 5.23. The minimum atomic E-state index is -0.826. The molecule has 1 aliphatic heterocycles. The Kier molecular flexibility index (Phi) is 2.74. The molecule has 1 aliphatic carbocycles. The van der Waals surface area contributed by atoms with Crippen LogP contribution in [0.4, 0.5) is 0 Å². The predicted octanol–water partition coefficient (Wildman–Crippen LogP) is 2.58. The summed E-state index contributed by atoms with van der Waals surface area (Å²) >= 11 is 6.25. The van der Waals surface area contributed by atoms with Gasteiger partial charge in [0.2, 0.25) is 6.79 Å². The van der Waals surface area contributed by atoms with E-state index in [1.165, 1.54) is 7.11 Å². The minimum Gasteiger partial charge on any atom is -0.495 e. The summed E-state index contributed by atoms with van der Waals surface area (Å²) in [5.41, 5.74) is 0.411. The van der Waals surface area contributed by atoms with Crippen LogP contribution in [0.3, 0.4) is 0 Å². The third-order valence-electron chi connectivity index (χ3n) is 3.68. The lowest BCUT2D eigenvalue weighted by Crippen LogP contribution is -2.14. The van der Waals surface area contributed by atoms with Gasteiger partial charge < -0.3 is 19.3 Å². The first-order chi connectivity index (χ1) is 9.07. The van der Waals surface area contributed by atoms with Gasteiger partial charge in [-0.3, -0.25) is 4.79 Å². The number of benzene rings is 1. The summed E-state index contributed by atoms with van der Waals surface area (Å²) in [5, 5.41) is 9.40. The first-order valence-corrected chi connectivity index (χ1v) is 6.33. The second-order valence-electron chi connectivity index (χ2n) is 4.86. The van der Waals surface area contributed by atoms with E-state index in [1.54, 1.807) is 6.07 Å². The fourth-order valence-electron chi connectivity index (χ4n) is 2.56. The first kappa shape index (κ1) is 12.4. The van der Waals surface area contributed by atoms with E-state index >= 15 is 0 Å². The van der Waals surface area contributed by atoms with Gasteiger partial charge in [0.25, 0.3) is 0 Å². The Morgan fingerprint density at radius 2 is 2.26 bits per heavy atom. The van der Waals surface area contributed by atoms with Crippen molar-refractivity contribution in [3.8, 4) is 17.2 Å². The third-order valence-corrected chi connectivity index (χ3v) is 4.02. The number of hydrogen-bond donors (Lipinski definition) is 1. The predicted molar refractivity (Wildman–Crippen MR) is 67.3 cm³/mol. The highest BCUT2D eigenvalue weighted by atomic mass is 35.5. The second kappa shape index (κ2) is 4.20.